The summed E-state index contributed by atoms with van der Waals surface area (Å²) < 4.78 is 10.9. The third kappa shape index (κ3) is 2.18. The molecule has 1 aromatic carbocycles. The monoisotopic (exact) mass is 368 g/mol. The third-order valence-corrected chi connectivity index (χ3v) is 7.37. The summed E-state index contributed by atoms with van der Waals surface area (Å²) in [5.74, 6) is 1.90. The summed E-state index contributed by atoms with van der Waals surface area (Å²) in [6.45, 7) is 4.39. The molecule has 0 radical (unpaired) electrons. The number of H-pyrrole nitrogens is 1. The highest BCUT2D eigenvalue weighted by Crippen LogP contribution is 2.55. The van der Waals surface area contributed by atoms with Crippen molar-refractivity contribution in [2.24, 2.45) is 11.8 Å². The van der Waals surface area contributed by atoms with Crippen LogP contribution < -0.4 is 4.74 Å². The Morgan fingerprint density at radius 1 is 1.37 bits per heavy atom. The lowest BCUT2D eigenvalue weighted by molar-refractivity contribution is -0.162. The predicted octanol–water partition coefficient (Wildman–Crippen LogP) is 3.26. The molecule has 4 aliphatic rings. The SMILES string of the molecule is CC[C@H]1CC2CN3CCc4c([nH]c5ccc(OC)cc45)[C@@](C(=O)OC)(C2)C13. The fraction of sp³-hybridized carbons (Fsp3) is 0.591. The van der Waals surface area contributed by atoms with Gasteiger partial charge in [0.2, 0.25) is 0 Å². The van der Waals surface area contributed by atoms with E-state index in [1.54, 1.807) is 14.2 Å². The highest BCUT2D eigenvalue weighted by atomic mass is 16.5. The van der Waals surface area contributed by atoms with E-state index in [-0.39, 0.29) is 12.0 Å². The molecule has 1 saturated carbocycles. The van der Waals surface area contributed by atoms with E-state index < -0.39 is 5.41 Å². The average molecular weight is 368 g/mol. The lowest BCUT2D eigenvalue weighted by atomic mass is 9.56. The summed E-state index contributed by atoms with van der Waals surface area (Å²) in [4.78, 5) is 19.6. The minimum absolute atomic E-state index is 0.0676. The molecular weight excluding hydrogens is 340 g/mol. The van der Waals surface area contributed by atoms with Gasteiger partial charge in [0, 0.05) is 35.7 Å². The topological polar surface area (TPSA) is 54.6 Å². The van der Waals surface area contributed by atoms with E-state index in [1.807, 2.05) is 6.07 Å². The molecule has 1 aliphatic carbocycles. The Balaban J connectivity index is 1.79. The summed E-state index contributed by atoms with van der Waals surface area (Å²) in [5.41, 5.74) is 2.90. The van der Waals surface area contributed by atoms with Gasteiger partial charge in [-0.2, -0.15) is 0 Å². The lowest BCUT2D eigenvalue weighted by Gasteiger charge is -2.57. The Bertz CT molecular complexity index is 904. The van der Waals surface area contributed by atoms with Crippen LogP contribution in [-0.2, 0) is 21.4 Å². The number of hydrogen-bond donors (Lipinski definition) is 1. The van der Waals surface area contributed by atoms with Crippen molar-refractivity contribution in [1.29, 1.82) is 0 Å². The Hall–Kier alpha value is -2.01. The molecular formula is C22H28N2O3. The summed E-state index contributed by atoms with van der Waals surface area (Å²) in [6.07, 6.45) is 4.20. The van der Waals surface area contributed by atoms with Crippen LogP contribution in [0.2, 0.25) is 0 Å². The van der Waals surface area contributed by atoms with Crippen LogP contribution in [0.15, 0.2) is 18.2 Å². The van der Waals surface area contributed by atoms with Gasteiger partial charge in [-0.05, 0) is 54.9 Å². The maximum Gasteiger partial charge on any atom is 0.319 e. The van der Waals surface area contributed by atoms with Gasteiger partial charge in [-0.1, -0.05) is 13.3 Å². The first kappa shape index (κ1) is 17.1. The van der Waals surface area contributed by atoms with E-state index in [0.29, 0.717) is 11.8 Å². The summed E-state index contributed by atoms with van der Waals surface area (Å²) >= 11 is 0. The van der Waals surface area contributed by atoms with E-state index in [1.165, 1.54) is 17.4 Å². The van der Waals surface area contributed by atoms with Gasteiger partial charge < -0.3 is 14.5 Å². The minimum atomic E-state index is -0.575. The number of ether oxygens (including phenoxy) is 2. The van der Waals surface area contributed by atoms with Gasteiger partial charge in [-0.3, -0.25) is 9.69 Å². The van der Waals surface area contributed by atoms with Crippen LogP contribution in [0.25, 0.3) is 10.9 Å². The molecule has 0 amide bonds. The van der Waals surface area contributed by atoms with Crippen LogP contribution in [0, 0.1) is 11.8 Å². The highest BCUT2D eigenvalue weighted by molar-refractivity contribution is 5.92. The Morgan fingerprint density at radius 2 is 2.22 bits per heavy atom. The molecule has 0 spiro atoms. The van der Waals surface area contributed by atoms with Crippen molar-refractivity contribution in [1.82, 2.24) is 9.88 Å². The first-order chi connectivity index (χ1) is 13.1. The Kier molecular flexibility index (Phi) is 3.80. The minimum Gasteiger partial charge on any atom is -0.497 e. The molecule has 4 bridgehead atoms. The van der Waals surface area contributed by atoms with Gasteiger partial charge in [0.25, 0.3) is 0 Å². The average Bonchev–Trinajstić information content (AvgIpc) is 3.04. The zero-order valence-corrected chi connectivity index (χ0v) is 16.4. The molecule has 144 valence electrons. The van der Waals surface area contributed by atoms with E-state index in [4.69, 9.17) is 9.47 Å². The molecule has 2 aromatic rings. The molecule has 4 heterocycles. The molecule has 3 aliphatic heterocycles. The van der Waals surface area contributed by atoms with Gasteiger partial charge in [-0.15, -0.1) is 0 Å². The van der Waals surface area contributed by atoms with Crippen molar-refractivity contribution >= 4 is 16.9 Å². The Morgan fingerprint density at radius 3 is 2.96 bits per heavy atom. The number of methoxy groups -OCH3 is 2. The van der Waals surface area contributed by atoms with Gasteiger partial charge >= 0.3 is 5.97 Å². The number of nitrogens with zero attached hydrogens (tertiary/aromatic N) is 1. The number of fused-ring (bicyclic) bond motifs is 4. The second-order valence-corrected chi connectivity index (χ2v) is 8.52. The number of carbonyl (C=O) groups excluding carboxylic acids is 1. The summed E-state index contributed by atoms with van der Waals surface area (Å²) in [7, 11) is 3.24. The molecule has 5 heteroatoms. The molecule has 3 fully saturated rings. The standard InChI is InChI=1S/C22H28N2O3/c1-4-14-9-13-11-22(21(25)27-3)19-16(7-8-24(12-13)20(14)22)17-10-15(26-2)5-6-18(17)23-19/h5-6,10,13-14,20,23H,4,7-9,11-12H2,1-3H3/t13?,14-,20?,22-/m0/s1. The van der Waals surface area contributed by atoms with Gasteiger partial charge in [0.15, 0.2) is 0 Å². The fourth-order valence-electron chi connectivity index (χ4n) is 6.42. The van der Waals surface area contributed by atoms with Gasteiger partial charge in [0.1, 0.15) is 11.2 Å². The molecule has 6 rings (SSSR count). The summed E-state index contributed by atoms with van der Waals surface area (Å²) in [5, 5.41) is 1.19. The first-order valence-corrected chi connectivity index (χ1v) is 10.1. The van der Waals surface area contributed by atoms with Gasteiger partial charge in [-0.25, -0.2) is 0 Å². The van der Waals surface area contributed by atoms with E-state index >= 15 is 0 Å². The number of aromatic amines is 1. The fourth-order valence-corrected chi connectivity index (χ4v) is 6.42. The second-order valence-electron chi connectivity index (χ2n) is 8.52. The zero-order chi connectivity index (χ0) is 18.8. The lowest BCUT2D eigenvalue weighted by Crippen LogP contribution is -2.67. The van der Waals surface area contributed by atoms with Crippen LogP contribution >= 0.6 is 0 Å². The molecule has 5 atom stereocenters. The number of carbonyl (C=O) groups is 1. The van der Waals surface area contributed by atoms with E-state index in [0.717, 1.165) is 49.3 Å². The normalized spacial score (nSPS) is 34.2. The van der Waals surface area contributed by atoms with Crippen LogP contribution in [0.4, 0.5) is 0 Å². The van der Waals surface area contributed by atoms with E-state index in [9.17, 15) is 4.79 Å². The maximum atomic E-state index is 13.4. The number of nitrogens with one attached hydrogen (secondary N) is 1. The number of rotatable bonds is 3. The van der Waals surface area contributed by atoms with Gasteiger partial charge in [0.05, 0.1) is 14.2 Å². The third-order valence-electron chi connectivity index (χ3n) is 7.37. The molecule has 1 N–H and O–H groups in total. The van der Waals surface area contributed by atoms with Crippen LogP contribution in [-0.4, -0.2) is 49.2 Å². The number of benzene rings is 1. The van der Waals surface area contributed by atoms with Crippen molar-refractivity contribution in [2.75, 3.05) is 27.3 Å². The van der Waals surface area contributed by atoms with Crippen molar-refractivity contribution in [2.45, 2.75) is 44.1 Å². The van der Waals surface area contributed by atoms with Crippen LogP contribution in [0.1, 0.15) is 37.4 Å². The zero-order valence-electron chi connectivity index (χ0n) is 16.4. The molecule has 5 nitrogen and oxygen atoms in total. The van der Waals surface area contributed by atoms with Crippen molar-refractivity contribution in [3.05, 3.63) is 29.5 Å². The van der Waals surface area contributed by atoms with Crippen molar-refractivity contribution in [3.8, 4) is 5.75 Å². The Labute approximate surface area is 160 Å². The van der Waals surface area contributed by atoms with E-state index in [2.05, 4.69) is 28.9 Å². The first-order valence-electron chi connectivity index (χ1n) is 10.1. The molecule has 27 heavy (non-hydrogen) atoms. The molecule has 1 aromatic heterocycles. The number of aromatic nitrogens is 1. The predicted molar refractivity (Wildman–Crippen MR) is 104 cm³/mol. The number of piperidine rings is 2. The largest absolute Gasteiger partial charge is 0.497 e. The second kappa shape index (κ2) is 5.99. The molecule has 3 unspecified atom stereocenters. The number of esters is 1. The van der Waals surface area contributed by atoms with Crippen molar-refractivity contribution in [3.63, 3.8) is 0 Å². The molecule has 2 saturated heterocycles. The number of hydrogen-bond acceptors (Lipinski definition) is 4. The smallest absolute Gasteiger partial charge is 0.319 e. The van der Waals surface area contributed by atoms with Crippen LogP contribution in [0.5, 0.6) is 5.75 Å². The van der Waals surface area contributed by atoms with Crippen molar-refractivity contribution < 1.29 is 14.3 Å². The highest BCUT2D eigenvalue weighted by Gasteiger charge is 2.62. The van der Waals surface area contributed by atoms with Crippen LogP contribution in [0.3, 0.4) is 0 Å². The summed E-state index contributed by atoms with van der Waals surface area (Å²) in [6, 6.07) is 6.40. The maximum absolute atomic E-state index is 13.4. The quantitative estimate of drug-likeness (QED) is 0.845.